The van der Waals surface area contributed by atoms with Crippen LogP contribution in [0.1, 0.15) is 28.7 Å². The van der Waals surface area contributed by atoms with E-state index in [1.807, 2.05) is 13.0 Å². The van der Waals surface area contributed by atoms with Crippen molar-refractivity contribution < 1.29 is 9.15 Å². The molecule has 0 aliphatic carbocycles. The van der Waals surface area contributed by atoms with Gasteiger partial charge in [0.2, 0.25) is 0 Å². The molecule has 23 heavy (non-hydrogen) atoms. The van der Waals surface area contributed by atoms with Gasteiger partial charge in [0.15, 0.2) is 0 Å². The van der Waals surface area contributed by atoms with E-state index in [9.17, 15) is 0 Å². The topological polar surface area (TPSA) is 37.6 Å². The highest BCUT2D eigenvalue weighted by Crippen LogP contribution is 2.23. The molecule has 1 aliphatic heterocycles. The Hall–Kier alpha value is -1.62. The summed E-state index contributed by atoms with van der Waals surface area (Å²) in [5, 5.41) is 3.59. The molecule has 1 aliphatic rings. The SMILES string of the molecule is Cc1cccc(CNCC(c2ccc(C)o2)N2CCOCC2)c1. The van der Waals surface area contributed by atoms with Crippen molar-refractivity contribution in [1.82, 2.24) is 10.2 Å². The van der Waals surface area contributed by atoms with E-state index < -0.39 is 0 Å². The lowest BCUT2D eigenvalue weighted by Crippen LogP contribution is -2.42. The standard InChI is InChI=1S/C19H26N2O2/c1-15-4-3-5-17(12-15)13-20-14-18(19-7-6-16(2)23-19)21-8-10-22-11-9-21/h3-7,12,18,20H,8-11,13-14H2,1-2H3. The minimum atomic E-state index is 0.261. The maximum atomic E-state index is 5.90. The second-order valence-electron chi connectivity index (χ2n) is 6.23. The van der Waals surface area contributed by atoms with E-state index in [2.05, 4.69) is 47.5 Å². The molecule has 0 spiro atoms. The van der Waals surface area contributed by atoms with Crippen molar-refractivity contribution in [3.05, 3.63) is 59.0 Å². The molecule has 124 valence electrons. The Morgan fingerprint density at radius 1 is 1.13 bits per heavy atom. The van der Waals surface area contributed by atoms with E-state index in [0.29, 0.717) is 0 Å². The Kier molecular flexibility index (Phi) is 5.49. The monoisotopic (exact) mass is 314 g/mol. The number of nitrogens with one attached hydrogen (secondary N) is 1. The van der Waals surface area contributed by atoms with Gasteiger partial charge in [0, 0.05) is 26.2 Å². The Balaban J connectivity index is 1.63. The smallest absolute Gasteiger partial charge is 0.122 e. The summed E-state index contributed by atoms with van der Waals surface area (Å²) < 4.78 is 11.4. The Bertz CT molecular complexity index is 617. The number of benzene rings is 1. The highest BCUT2D eigenvalue weighted by atomic mass is 16.5. The number of nitrogens with zero attached hydrogens (tertiary/aromatic N) is 1. The molecule has 4 nitrogen and oxygen atoms in total. The summed E-state index contributed by atoms with van der Waals surface area (Å²) in [6, 6.07) is 13.0. The molecule has 1 fully saturated rings. The fourth-order valence-corrected chi connectivity index (χ4v) is 3.11. The molecule has 4 heteroatoms. The van der Waals surface area contributed by atoms with E-state index in [-0.39, 0.29) is 6.04 Å². The van der Waals surface area contributed by atoms with Crippen LogP contribution >= 0.6 is 0 Å². The Morgan fingerprint density at radius 2 is 1.96 bits per heavy atom. The minimum Gasteiger partial charge on any atom is -0.465 e. The zero-order chi connectivity index (χ0) is 16.1. The fourth-order valence-electron chi connectivity index (χ4n) is 3.11. The lowest BCUT2D eigenvalue weighted by molar-refractivity contribution is 0.0115. The van der Waals surface area contributed by atoms with Crippen molar-refractivity contribution in [3.63, 3.8) is 0 Å². The summed E-state index contributed by atoms with van der Waals surface area (Å²) in [5.74, 6) is 2.01. The Labute approximate surface area is 138 Å². The minimum absolute atomic E-state index is 0.261. The summed E-state index contributed by atoms with van der Waals surface area (Å²) in [7, 11) is 0. The number of morpholine rings is 1. The van der Waals surface area contributed by atoms with E-state index in [0.717, 1.165) is 50.9 Å². The van der Waals surface area contributed by atoms with Crippen LogP contribution in [0.25, 0.3) is 0 Å². The molecule has 0 bridgehead atoms. The molecule has 2 heterocycles. The maximum Gasteiger partial charge on any atom is 0.122 e. The first kappa shape index (κ1) is 16.2. The number of furan rings is 1. The predicted octanol–water partition coefficient (Wildman–Crippen LogP) is 3.06. The van der Waals surface area contributed by atoms with Gasteiger partial charge in [-0.2, -0.15) is 0 Å². The molecule has 1 atom stereocenters. The molecule has 0 amide bonds. The van der Waals surface area contributed by atoms with Gasteiger partial charge in [0.05, 0.1) is 19.3 Å². The van der Waals surface area contributed by atoms with Gasteiger partial charge in [0.25, 0.3) is 0 Å². The van der Waals surface area contributed by atoms with Crippen LogP contribution in [0.4, 0.5) is 0 Å². The van der Waals surface area contributed by atoms with Crippen LogP contribution in [0, 0.1) is 13.8 Å². The van der Waals surface area contributed by atoms with Gasteiger partial charge < -0.3 is 14.5 Å². The summed E-state index contributed by atoms with van der Waals surface area (Å²) >= 11 is 0. The van der Waals surface area contributed by atoms with Crippen LogP contribution in [-0.2, 0) is 11.3 Å². The first-order chi connectivity index (χ1) is 11.2. The van der Waals surface area contributed by atoms with Crippen molar-refractivity contribution in [3.8, 4) is 0 Å². The first-order valence-corrected chi connectivity index (χ1v) is 8.37. The third-order valence-electron chi connectivity index (χ3n) is 4.33. The highest BCUT2D eigenvalue weighted by Gasteiger charge is 2.24. The second-order valence-corrected chi connectivity index (χ2v) is 6.23. The molecule has 2 aromatic rings. The van der Waals surface area contributed by atoms with Crippen molar-refractivity contribution in [2.75, 3.05) is 32.8 Å². The molecule has 1 aromatic carbocycles. The average Bonchev–Trinajstić information content (AvgIpc) is 2.99. The normalized spacial score (nSPS) is 17.3. The lowest BCUT2D eigenvalue weighted by Gasteiger charge is -2.33. The number of aryl methyl sites for hydroxylation is 2. The van der Waals surface area contributed by atoms with Crippen LogP contribution in [0.5, 0.6) is 0 Å². The van der Waals surface area contributed by atoms with Gasteiger partial charge in [-0.15, -0.1) is 0 Å². The van der Waals surface area contributed by atoms with Gasteiger partial charge in [-0.25, -0.2) is 0 Å². The largest absolute Gasteiger partial charge is 0.465 e. The summed E-state index contributed by atoms with van der Waals surface area (Å²) in [6.45, 7) is 9.39. The van der Waals surface area contributed by atoms with Crippen LogP contribution in [-0.4, -0.2) is 37.7 Å². The zero-order valence-electron chi connectivity index (χ0n) is 14.0. The van der Waals surface area contributed by atoms with E-state index in [1.165, 1.54) is 11.1 Å². The molecule has 1 saturated heterocycles. The van der Waals surface area contributed by atoms with Gasteiger partial charge in [-0.1, -0.05) is 29.8 Å². The summed E-state index contributed by atoms with van der Waals surface area (Å²) in [6.07, 6.45) is 0. The molecule has 0 radical (unpaired) electrons. The van der Waals surface area contributed by atoms with Crippen LogP contribution in [0.2, 0.25) is 0 Å². The maximum absolute atomic E-state index is 5.90. The lowest BCUT2D eigenvalue weighted by atomic mass is 10.1. The number of rotatable bonds is 6. The van der Waals surface area contributed by atoms with Gasteiger partial charge in [0.1, 0.15) is 11.5 Å². The van der Waals surface area contributed by atoms with E-state index in [4.69, 9.17) is 9.15 Å². The molecule has 1 N–H and O–H groups in total. The van der Waals surface area contributed by atoms with E-state index in [1.54, 1.807) is 0 Å². The zero-order valence-corrected chi connectivity index (χ0v) is 14.0. The highest BCUT2D eigenvalue weighted by molar-refractivity contribution is 5.22. The quantitative estimate of drug-likeness (QED) is 0.889. The molecule has 1 unspecified atom stereocenters. The summed E-state index contributed by atoms with van der Waals surface area (Å²) in [4.78, 5) is 2.45. The van der Waals surface area contributed by atoms with Crippen LogP contribution < -0.4 is 5.32 Å². The molecule has 3 rings (SSSR count). The number of hydrogen-bond donors (Lipinski definition) is 1. The third kappa shape index (κ3) is 4.44. The van der Waals surface area contributed by atoms with Crippen molar-refractivity contribution in [2.24, 2.45) is 0 Å². The average molecular weight is 314 g/mol. The predicted molar refractivity (Wildman–Crippen MR) is 91.5 cm³/mol. The molecular weight excluding hydrogens is 288 g/mol. The van der Waals surface area contributed by atoms with Gasteiger partial charge in [-0.05, 0) is 31.5 Å². The van der Waals surface area contributed by atoms with Crippen LogP contribution in [0.3, 0.4) is 0 Å². The van der Waals surface area contributed by atoms with Gasteiger partial charge >= 0.3 is 0 Å². The number of ether oxygens (including phenoxy) is 1. The molecule has 0 saturated carbocycles. The van der Waals surface area contributed by atoms with Crippen LogP contribution in [0.15, 0.2) is 40.8 Å². The summed E-state index contributed by atoms with van der Waals surface area (Å²) in [5.41, 5.74) is 2.62. The van der Waals surface area contributed by atoms with Crippen molar-refractivity contribution in [1.29, 1.82) is 0 Å². The van der Waals surface area contributed by atoms with Crippen molar-refractivity contribution >= 4 is 0 Å². The number of hydrogen-bond acceptors (Lipinski definition) is 4. The first-order valence-electron chi connectivity index (χ1n) is 8.37. The third-order valence-corrected chi connectivity index (χ3v) is 4.33. The fraction of sp³-hybridized carbons (Fsp3) is 0.474. The van der Waals surface area contributed by atoms with Crippen molar-refractivity contribution in [2.45, 2.75) is 26.4 Å². The van der Waals surface area contributed by atoms with E-state index >= 15 is 0 Å². The molecular formula is C19H26N2O2. The Morgan fingerprint density at radius 3 is 2.65 bits per heavy atom. The molecule has 1 aromatic heterocycles. The van der Waals surface area contributed by atoms with Gasteiger partial charge in [-0.3, -0.25) is 4.90 Å². The second kappa shape index (κ2) is 7.77.